The van der Waals surface area contributed by atoms with Crippen molar-refractivity contribution in [3.63, 3.8) is 0 Å². The maximum absolute atomic E-state index is 13.8. The van der Waals surface area contributed by atoms with Crippen LogP contribution in [-0.4, -0.2) is 52.1 Å². The summed E-state index contributed by atoms with van der Waals surface area (Å²) in [6.07, 6.45) is 0. The van der Waals surface area contributed by atoms with Gasteiger partial charge in [-0.25, -0.2) is 17.9 Å². The molecule has 1 unspecified atom stereocenters. The van der Waals surface area contributed by atoms with Gasteiger partial charge >= 0.3 is 6.03 Å². The number of fused-ring (bicyclic) bond motifs is 1. The molecule has 208 valence electrons. The highest BCUT2D eigenvalue weighted by molar-refractivity contribution is 7.89. The summed E-state index contributed by atoms with van der Waals surface area (Å²) in [6.45, 7) is 8.08. The van der Waals surface area contributed by atoms with Crippen LogP contribution in [0, 0.1) is 0 Å². The number of sulfonamides is 1. The first-order chi connectivity index (χ1) is 19.3. The molecular weight excluding hydrogens is 522 g/mol. The smallest absolute Gasteiger partial charge is 0.323 e. The number of anilines is 3. The summed E-state index contributed by atoms with van der Waals surface area (Å²) >= 11 is 0. The van der Waals surface area contributed by atoms with Crippen molar-refractivity contribution < 1.29 is 13.2 Å². The van der Waals surface area contributed by atoms with E-state index < -0.39 is 22.1 Å². The maximum Gasteiger partial charge on any atom is 0.323 e. The molecule has 0 spiro atoms. The summed E-state index contributed by atoms with van der Waals surface area (Å²) in [4.78, 5) is 17.6. The molecule has 0 saturated carbocycles. The lowest BCUT2D eigenvalue weighted by molar-refractivity contribution is 0.262. The van der Waals surface area contributed by atoms with E-state index in [1.165, 1.54) is 0 Å². The van der Waals surface area contributed by atoms with E-state index in [4.69, 9.17) is 0 Å². The van der Waals surface area contributed by atoms with Crippen molar-refractivity contribution in [2.45, 2.75) is 24.8 Å². The highest BCUT2D eigenvalue weighted by Gasteiger charge is 2.27. The number of nitrogens with zero attached hydrogens (tertiary/aromatic N) is 2. The highest BCUT2D eigenvalue weighted by Crippen LogP contribution is 2.31. The Morgan fingerprint density at radius 3 is 2.30 bits per heavy atom. The van der Waals surface area contributed by atoms with Crippen LogP contribution < -0.4 is 20.3 Å². The van der Waals surface area contributed by atoms with Crippen LogP contribution in [0.2, 0.25) is 0 Å². The first-order valence-electron chi connectivity index (χ1n) is 13.6. The fraction of sp³-hybridized carbons (Fsp3) is 0.258. The molecule has 3 N–H and O–H groups in total. The number of hydrogen-bond acceptors (Lipinski definition) is 5. The molecule has 1 saturated heterocycles. The van der Waals surface area contributed by atoms with Gasteiger partial charge in [-0.2, -0.15) is 0 Å². The molecule has 1 aliphatic rings. The van der Waals surface area contributed by atoms with E-state index >= 15 is 0 Å². The zero-order valence-corrected chi connectivity index (χ0v) is 23.6. The summed E-state index contributed by atoms with van der Waals surface area (Å²) in [5.41, 5.74) is 2.56. The normalized spacial score (nSPS) is 15.1. The van der Waals surface area contributed by atoms with Gasteiger partial charge in [0.15, 0.2) is 0 Å². The van der Waals surface area contributed by atoms with Crippen molar-refractivity contribution in [2.24, 2.45) is 0 Å². The van der Waals surface area contributed by atoms with E-state index in [1.54, 1.807) is 18.2 Å². The molecule has 8 nitrogen and oxygen atoms in total. The summed E-state index contributed by atoms with van der Waals surface area (Å²) in [6, 6.07) is 27.2. The Balaban J connectivity index is 1.42. The third-order valence-corrected chi connectivity index (χ3v) is 8.91. The second-order valence-corrected chi connectivity index (χ2v) is 11.6. The van der Waals surface area contributed by atoms with Crippen LogP contribution in [0.4, 0.5) is 21.9 Å². The molecule has 4 aromatic carbocycles. The molecule has 0 aliphatic carbocycles. The Hall–Kier alpha value is -3.92. The van der Waals surface area contributed by atoms with E-state index in [2.05, 4.69) is 32.1 Å². The monoisotopic (exact) mass is 557 g/mol. The summed E-state index contributed by atoms with van der Waals surface area (Å²) in [5.74, 6) is 0. The molecule has 1 aliphatic heterocycles. The second-order valence-electron chi connectivity index (χ2n) is 9.96. The third kappa shape index (κ3) is 6.28. The van der Waals surface area contributed by atoms with Crippen molar-refractivity contribution >= 4 is 43.9 Å². The first-order valence-corrected chi connectivity index (χ1v) is 15.1. The molecule has 1 heterocycles. The molecule has 1 atom stereocenters. The van der Waals surface area contributed by atoms with Gasteiger partial charge in [0.2, 0.25) is 10.0 Å². The minimum absolute atomic E-state index is 0.142. The van der Waals surface area contributed by atoms with Crippen molar-refractivity contribution in [2.75, 3.05) is 48.3 Å². The van der Waals surface area contributed by atoms with Crippen molar-refractivity contribution in [3.05, 3.63) is 96.6 Å². The minimum Gasteiger partial charge on any atom is -0.368 e. The largest absolute Gasteiger partial charge is 0.368 e. The number of carbonyl (C=O) groups is 1. The molecule has 5 rings (SSSR count). The van der Waals surface area contributed by atoms with Gasteiger partial charge in [-0.3, -0.25) is 0 Å². The van der Waals surface area contributed by atoms with E-state index in [0.29, 0.717) is 17.1 Å². The lowest BCUT2D eigenvalue weighted by Gasteiger charge is -2.36. The van der Waals surface area contributed by atoms with Crippen LogP contribution in [0.3, 0.4) is 0 Å². The number of hydrogen-bond donors (Lipinski definition) is 3. The predicted molar refractivity (Wildman–Crippen MR) is 163 cm³/mol. The quantitative estimate of drug-likeness (QED) is 0.260. The Morgan fingerprint density at radius 1 is 0.850 bits per heavy atom. The van der Waals surface area contributed by atoms with Gasteiger partial charge < -0.3 is 20.4 Å². The molecule has 9 heteroatoms. The molecule has 40 heavy (non-hydrogen) atoms. The zero-order valence-electron chi connectivity index (χ0n) is 22.8. The molecule has 0 bridgehead atoms. The summed E-state index contributed by atoms with van der Waals surface area (Å²) in [7, 11) is -3.93. The number of urea groups is 1. The molecule has 0 radical (unpaired) electrons. The van der Waals surface area contributed by atoms with E-state index in [1.807, 2.05) is 79.7 Å². The van der Waals surface area contributed by atoms with Gasteiger partial charge in [-0.05, 0) is 48.7 Å². The lowest BCUT2D eigenvalue weighted by Crippen LogP contribution is -2.46. The maximum atomic E-state index is 13.8. The van der Waals surface area contributed by atoms with Crippen molar-refractivity contribution in [1.82, 2.24) is 9.62 Å². The van der Waals surface area contributed by atoms with E-state index in [0.717, 1.165) is 49.1 Å². The van der Waals surface area contributed by atoms with Gasteiger partial charge in [0.1, 0.15) is 4.90 Å². The Morgan fingerprint density at radius 2 is 1.55 bits per heavy atom. The fourth-order valence-corrected chi connectivity index (χ4v) is 6.58. The molecule has 2 amide bonds. The average molecular weight is 558 g/mol. The molecule has 4 aromatic rings. The highest BCUT2D eigenvalue weighted by atomic mass is 32.2. The third-order valence-electron chi connectivity index (χ3n) is 7.34. The number of amides is 2. The molecule has 0 aromatic heterocycles. The fourth-order valence-electron chi connectivity index (χ4n) is 5.10. The van der Waals surface area contributed by atoms with Crippen molar-refractivity contribution in [1.29, 1.82) is 0 Å². The Labute approximate surface area is 236 Å². The van der Waals surface area contributed by atoms with Gasteiger partial charge in [-0.1, -0.05) is 73.7 Å². The lowest BCUT2D eigenvalue weighted by atomic mass is 10.1. The van der Waals surface area contributed by atoms with Gasteiger partial charge in [0.25, 0.3) is 0 Å². The van der Waals surface area contributed by atoms with Crippen LogP contribution >= 0.6 is 0 Å². The number of carbonyl (C=O) groups excluding carboxylic acids is 1. The Kier molecular flexibility index (Phi) is 8.35. The van der Waals surface area contributed by atoms with Crippen LogP contribution in [-0.2, 0) is 10.0 Å². The Bertz CT molecular complexity index is 1580. The standard InChI is InChI=1S/C31H35N5O3S/c1-3-35-18-20-36(21-19-35)29-17-16-26(22-30(29)40(38,39)34-23(2)24-10-5-4-6-11-24)32-31(37)33-28-15-9-13-25-12-7-8-14-27(25)28/h4-17,22-23,34H,3,18-21H2,1-2H3,(H2,32,33,37). The topological polar surface area (TPSA) is 93.8 Å². The van der Waals surface area contributed by atoms with Crippen LogP contribution in [0.25, 0.3) is 10.8 Å². The number of benzene rings is 4. The van der Waals surface area contributed by atoms with Crippen LogP contribution in [0.1, 0.15) is 25.5 Å². The number of rotatable bonds is 8. The van der Waals surface area contributed by atoms with Crippen LogP contribution in [0.5, 0.6) is 0 Å². The first kappa shape index (κ1) is 27.6. The second kappa shape index (κ2) is 12.1. The SMILES string of the molecule is CCN1CCN(c2ccc(NC(=O)Nc3cccc4ccccc34)cc2S(=O)(=O)NC(C)c2ccccc2)CC1. The molecular formula is C31H35N5O3S. The van der Waals surface area contributed by atoms with E-state index in [9.17, 15) is 13.2 Å². The number of piperazine rings is 1. The number of likely N-dealkylation sites (N-methyl/N-ethyl adjacent to an activating group) is 1. The summed E-state index contributed by atoms with van der Waals surface area (Å²) < 4.78 is 30.4. The van der Waals surface area contributed by atoms with Crippen molar-refractivity contribution in [3.8, 4) is 0 Å². The molecule has 1 fully saturated rings. The van der Waals surface area contributed by atoms with Gasteiger partial charge in [-0.15, -0.1) is 0 Å². The number of nitrogens with one attached hydrogen (secondary N) is 3. The average Bonchev–Trinajstić information content (AvgIpc) is 2.97. The summed E-state index contributed by atoms with van der Waals surface area (Å²) in [5, 5.41) is 7.67. The van der Waals surface area contributed by atoms with Crippen LogP contribution in [0.15, 0.2) is 95.9 Å². The zero-order chi connectivity index (χ0) is 28.1. The van der Waals surface area contributed by atoms with Gasteiger partial charge in [0.05, 0.1) is 11.4 Å². The predicted octanol–water partition coefficient (Wildman–Crippen LogP) is 5.67. The minimum atomic E-state index is -3.93. The van der Waals surface area contributed by atoms with Gasteiger partial charge in [0, 0.05) is 43.3 Å². The van der Waals surface area contributed by atoms with E-state index in [-0.39, 0.29) is 4.90 Å².